The highest BCUT2D eigenvalue weighted by Gasteiger charge is 2.54. The van der Waals surface area contributed by atoms with Crippen LogP contribution in [0.25, 0.3) is 0 Å². The van der Waals surface area contributed by atoms with Crippen LogP contribution in [0.15, 0.2) is 0 Å². The molecule has 3 aliphatic rings. The molecule has 1 spiro atoms. The van der Waals surface area contributed by atoms with E-state index in [0.717, 1.165) is 45.3 Å². The molecule has 1 N–H and O–H groups in total. The number of aliphatic hydroxyl groups is 1. The van der Waals surface area contributed by atoms with Crippen molar-refractivity contribution < 1.29 is 14.6 Å². The first-order valence-electron chi connectivity index (χ1n) is 7.02. The van der Waals surface area contributed by atoms with Crippen LogP contribution in [0.2, 0.25) is 0 Å². The summed E-state index contributed by atoms with van der Waals surface area (Å²) in [6, 6.07) is 0. The van der Waals surface area contributed by atoms with Crippen LogP contribution in [-0.2, 0) is 9.47 Å². The fourth-order valence-electron chi connectivity index (χ4n) is 4.48. The summed E-state index contributed by atoms with van der Waals surface area (Å²) in [7, 11) is 0. The van der Waals surface area contributed by atoms with Gasteiger partial charge in [-0.1, -0.05) is 13.8 Å². The Bertz CT molecular complexity index is 298. The lowest BCUT2D eigenvalue weighted by atomic mass is 9.71. The van der Waals surface area contributed by atoms with Crippen molar-refractivity contribution in [2.45, 2.75) is 57.8 Å². The third kappa shape index (κ3) is 1.74. The Kier molecular flexibility index (Phi) is 2.77. The van der Waals surface area contributed by atoms with E-state index in [0.29, 0.717) is 11.8 Å². The van der Waals surface area contributed by atoms with Crippen molar-refractivity contribution in [2.24, 2.45) is 17.3 Å². The van der Waals surface area contributed by atoms with E-state index in [2.05, 4.69) is 13.8 Å². The van der Waals surface area contributed by atoms with Crippen molar-refractivity contribution >= 4 is 0 Å². The first kappa shape index (κ1) is 11.9. The van der Waals surface area contributed by atoms with Crippen LogP contribution in [0.3, 0.4) is 0 Å². The molecule has 0 aromatic rings. The molecule has 3 fully saturated rings. The number of hydrogen-bond donors (Lipinski definition) is 1. The van der Waals surface area contributed by atoms with Crippen LogP contribution < -0.4 is 0 Å². The van der Waals surface area contributed by atoms with E-state index in [1.165, 1.54) is 0 Å². The zero-order valence-electron chi connectivity index (χ0n) is 10.9. The Morgan fingerprint density at radius 1 is 1.12 bits per heavy atom. The Hall–Kier alpha value is -0.120. The van der Waals surface area contributed by atoms with Crippen molar-refractivity contribution in [3.8, 4) is 0 Å². The molecule has 0 bridgehead atoms. The molecule has 0 aromatic carbocycles. The SMILES string of the molecule is C[C@H]1CC2(CC[C@]3(C)[C@@H](O)CC[C@@H]13)OCCO2. The van der Waals surface area contributed by atoms with Gasteiger partial charge < -0.3 is 14.6 Å². The molecule has 0 unspecified atom stereocenters. The predicted octanol–water partition coefficient (Wildman–Crippen LogP) is 2.33. The minimum absolute atomic E-state index is 0.0816. The monoisotopic (exact) mass is 240 g/mol. The molecule has 4 atom stereocenters. The number of ether oxygens (including phenoxy) is 2. The second kappa shape index (κ2) is 3.94. The molecule has 3 heteroatoms. The average Bonchev–Trinajstić information content (AvgIpc) is 2.82. The first-order chi connectivity index (χ1) is 8.06. The Balaban J connectivity index is 1.85. The van der Waals surface area contributed by atoms with Crippen LogP contribution in [0.4, 0.5) is 0 Å². The van der Waals surface area contributed by atoms with Gasteiger partial charge in [0, 0.05) is 12.8 Å². The molecule has 1 saturated heterocycles. The summed E-state index contributed by atoms with van der Waals surface area (Å²) in [5, 5.41) is 10.3. The summed E-state index contributed by atoms with van der Waals surface area (Å²) in [6.07, 6.45) is 4.98. The number of rotatable bonds is 0. The third-order valence-corrected chi connectivity index (χ3v) is 5.54. The molecule has 0 radical (unpaired) electrons. The van der Waals surface area contributed by atoms with E-state index in [1.807, 2.05) is 0 Å². The summed E-state index contributed by atoms with van der Waals surface area (Å²) >= 11 is 0. The van der Waals surface area contributed by atoms with Crippen LogP contribution in [0.5, 0.6) is 0 Å². The normalized spacial score (nSPS) is 49.2. The summed E-state index contributed by atoms with van der Waals surface area (Å²) in [5.74, 6) is 0.884. The second-order valence-corrected chi connectivity index (χ2v) is 6.49. The summed E-state index contributed by atoms with van der Waals surface area (Å²) in [4.78, 5) is 0. The van der Waals surface area contributed by atoms with Gasteiger partial charge in [0.25, 0.3) is 0 Å². The molecular formula is C14H24O3. The van der Waals surface area contributed by atoms with Gasteiger partial charge in [-0.3, -0.25) is 0 Å². The maximum atomic E-state index is 10.3. The lowest BCUT2D eigenvalue weighted by Crippen LogP contribution is -2.34. The van der Waals surface area contributed by atoms with Gasteiger partial charge in [0.1, 0.15) is 0 Å². The Morgan fingerprint density at radius 3 is 2.53 bits per heavy atom. The minimum Gasteiger partial charge on any atom is -0.393 e. The zero-order valence-corrected chi connectivity index (χ0v) is 10.9. The zero-order chi connectivity index (χ0) is 12.1. The number of fused-ring (bicyclic) bond motifs is 1. The Labute approximate surface area is 103 Å². The molecule has 2 saturated carbocycles. The van der Waals surface area contributed by atoms with Crippen molar-refractivity contribution in [3.63, 3.8) is 0 Å². The third-order valence-electron chi connectivity index (χ3n) is 5.54. The van der Waals surface area contributed by atoms with E-state index >= 15 is 0 Å². The molecule has 0 amide bonds. The van der Waals surface area contributed by atoms with Crippen LogP contribution in [0.1, 0.15) is 46.0 Å². The number of hydrogen-bond acceptors (Lipinski definition) is 3. The van der Waals surface area contributed by atoms with Crippen molar-refractivity contribution in [3.05, 3.63) is 0 Å². The highest BCUT2D eigenvalue weighted by molar-refractivity contribution is 5.01. The highest BCUT2D eigenvalue weighted by Crippen LogP contribution is 2.55. The summed E-state index contributed by atoms with van der Waals surface area (Å²) in [6.45, 7) is 6.03. The minimum atomic E-state index is -0.327. The first-order valence-corrected chi connectivity index (χ1v) is 7.02. The molecule has 0 aromatic heterocycles. The lowest BCUT2D eigenvalue weighted by molar-refractivity contribution is -0.172. The molecule has 1 heterocycles. The molecule has 2 aliphatic carbocycles. The maximum absolute atomic E-state index is 10.3. The molecule has 3 nitrogen and oxygen atoms in total. The van der Waals surface area contributed by atoms with Crippen molar-refractivity contribution in [1.29, 1.82) is 0 Å². The van der Waals surface area contributed by atoms with E-state index in [9.17, 15) is 5.11 Å². The predicted molar refractivity (Wildman–Crippen MR) is 64.5 cm³/mol. The van der Waals surface area contributed by atoms with Crippen LogP contribution in [-0.4, -0.2) is 30.2 Å². The van der Waals surface area contributed by atoms with Gasteiger partial charge in [-0.15, -0.1) is 0 Å². The van der Waals surface area contributed by atoms with Gasteiger partial charge in [-0.05, 0) is 36.5 Å². The van der Waals surface area contributed by atoms with Gasteiger partial charge in [0.2, 0.25) is 0 Å². The van der Waals surface area contributed by atoms with Gasteiger partial charge >= 0.3 is 0 Å². The van der Waals surface area contributed by atoms with E-state index in [-0.39, 0.29) is 17.3 Å². The molecular weight excluding hydrogens is 216 g/mol. The van der Waals surface area contributed by atoms with Crippen LogP contribution in [0, 0.1) is 17.3 Å². The lowest BCUT2D eigenvalue weighted by Gasteiger charge is -2.35. The fourth-order valence-corrected chi connectivity index (χ4v) is 4.48. The van der Waals surface area contributed by atoms with Crippen molar-refractivity contribution in [2.75, 3.05) is 13.2 Å². The summed E-state index contributed by atoms with van der Waals surface area (Å²) < 4.78 is 11.7. The highest BCUT2D eigenvalue weighted by atomic mass is 16.7. The van der Waals surface area contributed by atoms with E-state index < -0.39 is 0 Å². The maximum Gasteiger partial charge on any atom is 0.168 e. The van der Waals surface area contributed by atoms with Gasteiger partial charge in [0.05, 0.1) is 19.3 Å². The molecule has 3 rings (SSSR count). The standard InChI is InChI=1S/C14H24O3/c1-10-9-14(16-7-8-17-14)6-5-13(2)11(10)3-4-12(13)15/h10-12,15H,3-9H2,1-2H3/t10-,11-,12-,13-/m0/s1. The second-order valence-electron chi connectivity index (χ2n) is 6.49. The molecule has 1 aliphatic heterocycles. The van der Waals surface area contributed by atoms with Gasteiger partial charge in [-0.25, -0.2) is 0 Å². The molecule has 17 heavy (non-hydrogen) atoms. The van der Waals surface area contributed by atoms with Crippen molar-refractivity contribution in [1.82, 2.24) is 0 Å². The number of aliphatic hydroxyl groups excluding tert-OH is 1. The molecule has 98 valence electrons. The van der Waals surface area contributed by atoms with Crippen LogP contribution >= 0.6 is 0 Å². The topological polar surface area (TPSA) is 38.7 Å². The fraction of sp³-hybridized carbons (Fsp3) is 1.00. The quantitative estimate of drug-likeness (QED) is 0.706. The summed E-state index contributed by atoms with van der Waals surface area (Å²) in [5.41, 5.74) is 0.0816. The van der Waals surface area contributed by atoms with E-state index in [1.54, 1.807) is 0 Å². The smallest absolute Gasteiger partial charge is 0.168 e. The van der Waals surface area contributed by atoms with Gasteiger partial charge in [0.15, 0.2) is 5.79 Å². The van der Waals surface area contributed by atoms with E-state index in [4.69, 9.17) is 9.47 Å². The van der Waals surface area contributed by atoms with Gasteiger partial charge in [-0.2, -0.15) is 0 Å². The average molecular weight is 240 g/mol. The Morgan fingerprint density at radius 2 is 1.82 bits per heavy atom. The largest absolute Gasteiger partial charge is 0.393 e.